The van der Waals surface area contributed by atoms with Crippen molar-refractivity contribution < 1.29 is 9.90 Å². The molecule has 0 bridgehead atoms. The van der Waals surface area contributed by atoms with E-state index in [1.165, 1.54) is 12.8 Å². The van der Waals surface area contributed by atoms with Crippen LogP contribution < -0.4 is 0 Å². The standard InChI is InChI=1S/C11H21NO2/c1-4-12(5-2)11(3,8-10(13)14)9-6-7-9/h9H,4-8H2,1-3H3,(H,13,14). The van der Waals surface area contributed by atoms with Crippen LogP contribution in [0.2, 0.25) is 0 Å². The number of hydrogen-bond donors (Lipinski definition) is 1. The number of carboxylic acids is 1. The van der Waals surface area contributed by atoms with Gasteiger partial charge in [-0.15, -0.1) is 0 Å². The van der Waals surface area contributed by atoms with Crippen molar-refractivity contribution in [3.8, 4) is 0 Å². The molecule has 1 fully saturated rings. The summed E-state index contributed by atoms with van der Waals surface area (Å²) < 4.78 is 0. The second-order valence-electron chi connectivity index (χ2n) is 4.37. The van der Waals surface area contributed by atoms with E-state index in [-0.39, 0.29) is 12.0 Å². The van der Waals surface area contributed by atoms with Crippen LogP contribution in [0, 0.1) is 5.92 Å². The van der Waals surface area contributed by atoms with Crippen LogP contribution in [0.5, 0.6) is 0 Å². The Morgan fingerprint density at radius 3 is 2.21 bits per heavy atom. The summed E-state index contributed by atoms with van der Waals surface area (Å²) in [6, 6.07) is 0. The van der Waals surface area contributed by atoms with Gasteiger partial charge in [0.15, 0.2) is 0 Å². The van der Waals surface area contributed by atoms with E-state index in [2.05, 4.69) is 25.7 Å². The maximum absolute atomic E-state index is 10.9. The Kier molecular flexibility index (Phi) is 3.53. The van der Waals surface area contributed by atoms with Crippen molar-refractivity contribution in [1.82, 2.24) is 4.90 Å². The lowest BCUT2D eigenvalue weighted by Crippen LogP contribution is -2.49. The first-order valence-electron chi connectivity index (χ1n) is 5.51. The molecule has 0 amide bonds. The highest BCUT2D eigenvalue weighted by Crippen LogP contribution is 2.44. The van der Waals surface area contributed by atoms with E-state index >= 15 is 0 Å². The molecule has 0 aromatic heterocycles. The molecule has 1 unspecified atom stereocenters. The topological polar surface area (TPSA) is 40.5 Å². The summed E-state index contributed by atoms with van der Waals surface area (Å²) in [6.45, 7) is 8.19. The smallest absolute Gasteiger partial charge is 0.305 e. The Bertz CT molecular complexity index is 209. The van der Waals surface area contributed by atoms with Crippen LogP contribution in [0.15, 0.2) is 0 Å². The quantitative estimate of drug-likeness (QED) is 0.711. The van der Waals surface area contributed by atoms with Gasteiger partial charge >= 0.3 is 5.97 Å². The fourth-order valence-electron chi connectivity index (χ4n) is 2.47. The maximum Gasteiger partial charge on any atom is 0.305 e. The summed E-state index contributed by atoms with van der Waals surface area (Å²) in [5.41, 5.74) is -0.116. The van der Waals surface area contributed by atoms with E-state index in [1.807, 2.05) is 0 Å². The molecule has 3 heteroatoms. The first-order valence-corrected chi connectivity index (χ1v) is 5.51. The van der Waals surface area contributed by atoms with E-state index in [9.17, 15) is 4.79 Å². The Balaban J connectivity index is 2.73. The third-order valence-corrected chi connectivity index (χ3v) is 3.45. The lowest BCUT2D eigenvalue weighted by Gasteiger charge is -2.39. The van der Waals surface area contributed by atoms with Gasteiger partial charge < -0.3 is 5.11 Å². The van der Waals surface area contributed by atoms with Crippen LogP contribution in [0.25, 0.3) is 0 Å². The van der Waals surface area contributed by atoms with Crippen molar-refractivity contribution in [2.75, 3.05) is 13.1 Å². The first kappa shape index (κ1) is 11.5. The molecule has 1 aliphatic carbocycles. The van der Waals surface area contributed by atoms with Crippen LogP contribution in [-0.4, -0.2) is 34.6 Å². The highest BCUT2D eigenvalue weighted by atomic mass is 16.4. The van der Waals surface area contributed by atoms with Crippen molar-refractivity contribution in [1.29, 1.82) is 0 Å². The lowest BCUT2D eigenvalue weighted by molar-refractivity contribution is -0.140. The van der Waals surface area contributed by atoms with E-state index in [0.717, 1.165) is 13.1 Å². The Hall–Kier alpha value is -0.570. The monoisotopic (exact) mass is 199 g/mol. The molecule has 0 aromatic carbocycles. The van der Waals surface area contributed by atoms with E-state index in [1.54, 1.807) is 0 Å². The van der Waals surface area contributed by atoms with E-state index in [4.69, 9.17) is 5.11 Å². The summed E-state index contributed by atoms with van der Waals surface area (Å²) in [5, 5.41) is 8.94. The molecule has 0 aromatic rings. The normalized spacial score (nSPS) is 20.9. The van der Waals surface area contributed by atoms with Crippen molar-refractivity contribution in [3.63, 3.8) is 0 Å². The zero-order valence-corrected chi connectivity index (χ0v) is 9.42. The number of nitrogens with zero attached hydrogens (tertiary/aromatic N) is 1. The second-order valence-corrected chi connectivity index (χ2v) is 4.37. The van der Waals surface area contributed by atoms with Gasteiger partial charge in [0.1, 0.15) is 0 Å². The largest absolute Gasteiger partial charge is 0.481 e. The average Bonchev–Trinajstić information content (AvgIpc) is 2.86. The fourth-order valence-corrected chi connectivity index (χ4v) is 2.47. The van der Waals surface area contributed by atoms with Gasteiger partial charge in [0.05, 0.1) is 6.42 Å². The molecule has 1 rings (SSSR count). The van der Waals surface area contributed by atoms with E-state index in [0.29, 0.717) is 5.92 Å². The number of rotatable bonds is 6. The van der Waals surface area contributed by atoms with Gasteiger partial charge in [-0.1, -0.05) is 13.8 Å². The molecule has 0 heterocycles. The predicted octanol–water partition coefficient (Wildman–Crippen LogP) is 1.97. The molecule has 0 aliphatic heterocycles. The summed E-state index contributed by atoms with van der Waals surface area (Å²) in [7, 11) is 0. The van der Waals surface area contributed by atoms with Gasteiger partial charge in [0, 0.05) is 5.54 Å². The minimum Gasteiger partial charge on any atom is -0.481 e. The minimum absolute atomic E-state index is 0.116. The van der Waals surface area contributed by atoms with Gasteiger partial charge in [0.25, 0.3) is 0 Å². The molecule has 1 saturated carbocycles. The SMILES string of the molecule is CCN(CC)C(C)(CC(=O)O)C1CC1. The molecular weight excluding hydrogens is 178 g/mol. The van der Waals surface area contributed by atoms with Crippen molar-refractivity contribution in [2.45, 2.75) is 45.6 Å². The molecule has 0 spiro atoms. The second kappa shape index (κ2) is 4.30. The number of carboxylic acid groups (broad SMARTS) is 1. The minimum atomic E-state index is -0.675. The Labute approximate surface area is 86.1 Å². The van der Waals surface area contributed by atoms with Gasteiger partial charge in [-0.2, -0.15) is 0 Å². The van der Waals surface area contributed by atoms with Gasteiger partial charge in [-0.3, -0.25) is 9.69 Å². The molecular formula is C11H21NO2. The average molecular weight is 199 g/mol. The van der Waals surface area contributed by atoms with Gasteiger partial charge in [-0.25, -0.2) is 0 Å². The highest BCUT2D eigenvalue weighted by molar-refractivity contribution is 5.68. The van der Waals surface area contributed by atoms with Crippen LogP contribution >= 0.6 is 0 Å². The predicted molar refractivity (Wildman–Crippen MR) is 56.3 cm³/mol. The summed E-state index contributed by atoms with van der Waals surface area (Å²) in [4.78, 5) is 13.1. The first-order chi connectivity index (χ1) is 6.54. The third-order valence-electron chi connectivity index (χ3n) is 3.45. The molecule has 1 atom stereocenters. The van der Waals surface area contributed by atoms with Gasteiger partial charge in [-0.05, 0) is 38.8 Å². The summed E-state index contributed by atoms with van der Waals surface area (Å²) >= 11 is 0. The summed E-state index contributed by atoms with van der Waals surface area (Å²) in [6.07, 6.45) is 2.67. The number of carbonyl (C=O) groups is 1. The van der Waals surface area contributed by atoms with Crippen molar-refractivity contribution >= 4 is 5.97 Å². The molecule has 82 valence electrons. The molecule has 3 nitrogen and oxygen atoms in total. The Morgan fingerprint density at radius 1 is 1.43 bits per heavy atom. The summed E-state index contributed by atoms with van der Waals surface area (Å²) in [5.74, 6) is -0.0789. The molecule has 1 aliphatic rings. The van der Waals surface area contributed by atoms with Gasteiger partial charge in [0.2, 0.25) is 0 Å². The fraction of sp³-hybridized carbons (Fsp3) is 0.909. The van der Waals surface area contributed by atoms with Crippen LogP contribution in [0.1, 0.15) is 40.0 Å². The zero-order valence-electron chi connectivity index (χ0n) is 9.42. The van der Waals surface area contributed by atoms with Crippen molar-refractivity contribution in [3.05, 3.63) is 0 Å². The van der Waals surface area contributed by atoms with Crippen molar-refractivity contribution in [2.24, 2.45) is 5.92 Å². The Morgan fingerprint density at radius 2 is 1.93 bits per heavy atom. The molecule has 1 N–H and O–H groups in total. The zero-order chi connectivity index (χ0) is 10.8. The lowest BCUT2D eigenvalue weighted by atomic mass is 9.89. The molecule has 14 heavy (non-hydrogen) atoms. The number of aliphatic carboxylic acids is 1. The third kappa shape index (κ3) is 2.27. The highest BCUT2D eigenvalue weighted by Gasteiger charge is 2.45. The number of hydrogen-bond acceptors (Lipinski definition) is 2. The molecule has 0 saturated heterocycles. The van der Waals surface area contributed by atoms with E-state index < -0.39 is 5.97 Å². The maximum atomic E-state index is 10.9. The van der Waals surface area contributed by atoms with Crippen LogP contribution in [-0.2, 0) is 4.79 Å². The molecule has 0 radical (unpaired) electrons. The van der Waals surface area contributed by atoms with Crippen LogP contribution in [0.4, 0.5) is 0 Å². The van der Waals surface area contributed by atoms with Crippen LogP contribution in [0.3, 0.4) is 0 Å².